The summed E-state index contributed by atoms with van der Waals surface area (Å²) in [4.78, 5) is 5.17. The Kier molecular flexibility index (Phi) is 4.72. The van der Waals surface area contributed by atoms with Crippen molar-refractivity contribution in [2.24, 2.45) is 0 Å². The van der Waals surface area contributed by atoms with Crippen LogP contribution in [0.4, 0.5) is 0 Å². The van der Waals surface area contributed by atoms with Crippen LogP contribution < -0.4 is 0 Å². The molecule has 0 unspecified atom stereocenters. The average molecular weight is 560 g/mol. The van der Waals surface area contributed by atoms with Gasteiger partial charge in [0.05, 0.1) is 27.6 Å². The molecule has 3 heteroatoms. The molecule has 3 heterocycles. The van der Waals surface area contributed by atoms with Crippen LogP contribution in [0.5, 0.6) is 0 Å². The normalized spacial score (nSPS) is 12.1. The Hall–Kier alpha value is -5.93. The number of imidazole rings is 2. The van der Waals surface area contributed by atoms with E-state index in [0.717, 1.165) is 16.8 Å². The molecule has 204 valence electrons. The van der Waals surface area contributed by atoms with Crippen molar-refractivity contribution in [3.8, 4) is 33.4 Å². The van der Waals surface area contributed by atoms with Crippen molar-refractivity contribution >= 4 is 54.9 Å². The van der Waals surface area contributed by atoms with Gasteiger partial charge in [0.15, 0.2) is 0 Å². The van der Waals surface area contributed by atoms with Gasteiger partial charge in [0.25, 0.3) is 0 Å². The zero-order chi connectivity index (χ0) is 28.8. The maximum absolute atomic E-state index is 5.17. The molecule has 0 aliphatic carbocycles. The first-order valence-electron chi connectivity index (χ1n) is 15.1. The summed E-state index contributed by atoms with van der Waals surface area (Å²) in [5, 5.41) is 4.98. The second kappa shape index (κ2) is 8.79. The lowest BCUT2D eigenvalue weighted by molar-refractivity contribution is 1.22. The molecule has 7 aromatic carbocycles. The standard InChI is InChI=1S/C41H25N3/c1-3-11-26(12-4-1)30-19-31(27-13-5-2-6-14-27)21-32(20-30)33-23-35-34-22-28-15-7-8-16-29(28)24-38(34)44-40(35)39(25-33)43-37-18-10-9-17-36(37)42-41(43)44/h1-25H. The van der Waals surface area contributed by atoms with Crippen molar-refractivity contribution in [3.63, 3.8) is 0 Å². The molecular weight excluding hydrogens is 534 g/mol. The van der Waals surface area contributed by atoms with Crippen molar-refractivity contribution < 1.29 is 0 Å². The number of nitrogens with zero attached hydrogens (tertiary/aromatic N) is 3. The van der Waals surface area contributed by atoms with Gasteiger partial charge in [-0.2, -0.15) is 0 Å². The fourth-order valence-corrected chi connectivity index (χ4v) is 7.14. The van der Waals surface area contributed by atoms with Crippen molar-refractivity contribution in [3.05, 3.63) is 152 Å². The van der Waals surface area contributed by atoms with Gasteiger partial charge in [-0.3, -0.25) is 8.80 Å². The molecule has 3 nitrogen and oxygen atoms in total. The van der Waals surface area contributed by atoms with Crippen LogP contribution in [0.2, 0.25) is 0 Å². The third-order valence-corrected chi connectivity index (χ3v) is 9.17. The molecule has 0 saturated heterocycles. The van der Waals surface area contributed by atoms with E-state index in [1.165, 1.54) is 71.5 Å². The minimum Gasteiger partial charge on any atom is -0.277 e. The van der Waals surface area contributed by atoms with E-state index in [2.05, 4.69) is 160 Å². The van der Waals surface area contributed by atoms with Crippen LogP contribution in [-0.2, 0) is 0 Å². The van der Waals surface area contributed by atoms with Gasteiger partial charge in [-0.05, 0) is 98.8 Å². The summed E-state index contributed by atoms with van der Waals surface area (Å²) in [6, 6.07) is 54.9. The lowest BCUT2D eigenvalue weighted by Gasteiger charge is -2.12. The molecule has 0 radical (unpaired) electrons. The monoisotopic (exact) mass is 559 g/mol. The Morgan fingerprint density at radius 1 is 0.364 bits per heavy atom. The van der Waals surface area contributed by atoms with Crippen LogP contribution in [0.1, 0.15) is 0 Å². The van der Waals surface area contributed by atoms with Crippen molar-refractivity contribution in [2.45, 2.75) is 0 Å². The predicted octanol–water partition coefficient (Wildman–Crippen LogP) is 10.6. The summed E-state index contributed by atoms with van der Waals surface area (Å²) >= 11 is 0. The zero-order valence-electron chi connectivity index (χ0n) is 23.8. The summed E-state index contributed by atoms with van der Waals surface area (Å²) in [5.74, 6) is 0.955. The van der Waals surface area contributed by atoms with Gasteiger partial charge in [-0.15, -0.1) is 0 Å². The van der Waals surface area contributed by atoms with E-state index in [-0.39, 0.29) is 0 Å². The molecule has 0 spiro atoms. The minimum absolute atomic E-state index is 0.955. The van der Waals surface area contributed by atoms with E-state index in [1.807, 2.05) is 0 Å². The van der Waals surface area contributed by atoms with E-state index in [1.54, 1.807) is 0 Å². The van der Waals surface area contributed by atoms with Gasteiger partial charge < -0.3 is 0 Å². The zero-order valence-corrected chi connectivity index (χ0v) is 23.8. The molecule has 0 atom stereocenters. The van der Waals surface area contributed by atoms with Crippen LogP contribution in [0.15, 0.2) is 152 Å². The van der Waals surface area contributed by atoms with Crippen molar-refractivity contribution in [2.75, 3.05) is 0 Å². The topological polar surface area (TPSA) is 21.7 Å². The van der Waals surface area contributed by atoms with Crippen molar-refractivity contribution in [1.29, 1.82) is 0 Å². The highest BCUT2D eigenvalue weighted by Gasteiger charge is 2.22. The van der Waals surface area contributed by atoms with Crippen LogP contribution >= 0.6 is 0 Å². The summed E-state index contributed by atoms with van der Waals surface area (Å²) in [6.07, 6.45) is 0. The van der Waals surface area contributed by atoms with E-state index in [0.29, 0.717) is 0 Å². The number of hydrogen-bond donors (Lipinski definition) is 0. The van der Waals surface area contributed by atoms with Gasteiger partial charge >= 0.3 is 0 Å². The van der Waals surface area contributed by atoms with Gasteiger partial charge in [-0.25, -0.2) is 4.98 Å². The van der Waals surface area contributed by atoms with Crippen LogP contribution in [0.25, 0.3) is 88.3 Å². The Morgan fingerprint density at radius 2 is 0.932 bits per heavy atom. The number of aromatic nitrogens is 3. The van der Waals surface area contributed by atoms with Gasteiger partial charge in [0.1, 0.15) is 0 Å². The van der Waals surface area contributed by atoms with Gasteiger partial charge in [-0.1, -0.05) is 97.1 Å². The fraction of sp³-hybridized carbons (Fsp3) is 0. The van der Waals surface area contributed by atoms with E-state index >= 15 is 0 Å². The maximum Gasteiger partial charge on any atom is 0.220 e. The second-order valence-corrected chi connectivity index (χ2v) is 11.7. The number of hydrogen-bond acceptors (Lipinski definition) is 1. The number of fused-ring (bicyclic) bond motifs is 9. The molecule has 10 aromatic rings. The Labute approximate surface area is 253 Å². The van der Waals surface area contributed by atoms with Crippen LogP contribution in [0, 0.1) is 0 Å². The molecule has 0 aliphatic rings. The highest BCUT2D eigenvalue weighted by atomic mass is 15.2. The second-order valence-electron chi connectivity index (χ2n) is 11.7. The molecule has 0 bridgehead atoms. The molecular formula is C41H25N3. The van der Waals surface area contributed by atoms with E-state index in [9.17, 15) is 0 Å². The third kappa shape index (κ3) is 3.29. The predicted molar refractivity (Wildman–Crippen MR) is 184 cm³/mol. The summed E-state index contributed by atoms with van der Waals surface area (Å²) in [6.45, 7) is 0. The quantitative estimate of drug-likeness (QED) is 0.211. The first-order valence-corrected chi connectivity index (χ1v) is 15.1. The third-order valence-electron chi connectivity index (χ3n) is 9.17. The maximum atomic E-state index is 5.17. The largest absolute Gasteiger partial charge is 0.277 e. The first-order chi connectivity index (χ1) is 21.8. The summed E-state index contributed by atoms with van der Waals surface area (Å²) < 4.78 is 4.71. The SMILES string of the molecule is c1ccc(-c2cc(-c3ccccc3)cc(-c3cc4c5cc6ccccc6cc5n5c4c(c3)n3c4ccccc4nc35)c2)cc1. The molecule has 44 heavy (non-hydrogen) atoms. The lowest BCUT2D eigenvalue weighted by atomic mass is 9.92. The molecule has 3 aromatic heterocycles. The number of benzene rings is 7. The minimum atomic E-state index is 0.955. The summed E-state index contributed by atoms with van der Waals surface area (Å²) in [7, 11) is 0. The van der Waals surface area contributed by atoms with Crippen LogP contribution in [-0.4, -0.2) is 13.8 Å². The molecule has 0 fully saturated rings. The van der Waals surface area contributed by atoms with E-state index in [4.69, 9.17) is 4.98 Å². The van der Waals surface area contributed by atoms with Gasteiger partial charge in [0, 0.05) is 10.8 Å². The molecule has 0 aliphatic heterocycles. The smallest absolute Gasteiger partial charge is 0.220 e. The molecule has 0 saturated carbocycles. The summed E-state index contributed by atoms with van der Waals surface area (Å²) in [5.41, 5.74) is 12.9. The highest BCUT2D eigenvalue weighted by molar-refractivity contribution is 6.19. The van der Waals surface area contributed by atoms with E-state index < -0.39 is 0 Å². The lowest BCUT2D eigenvalue weighted by Crippen LogP contribution is -1.88. The molecule has 10 rings (SSSR count). The molecule has 0 amide bonds. The average Bonchev–Trinajstić information content (AvgIpc) is 3.73. The molecule has 0 N–H and O–H groups in total. The van der Waals surface area contributed by atoms with Crippen molar-refractivity contribution in [1.82, 2.24) is 13.8 Å². The Bertz CT molecular complexity index is 2640. The number of para-hydroxylation sites is 2. The first kappa shape index (κ1) is 23.6. The van der Waals surface area contributed by atoms with Crippen LogP contribution in [0.3, 0.4) is 0 Å². The Morgan fingerprint density at radius 3 is 1.64 bits per heavy atom. The number of rotatable bonds is 3. The Balaban J connectivity index is 1.35. The fourth-order valence-electron chi connectivity index (χ4n) is 7.14. The highest BCUT2D eigenvalue weighted by Crippen LogP contribution is 2.42. The van der Waals surface area contributed by atoms with Gasteiger partial charge in [0.2, 0.25) is 5.78 Å².